The summed E-state index contributed by atoms with van der Waals surface area (Å²) in [5.74, 6) is -0.854. The third kappa shape index (κ3) is 2.76. The molecule has 2 heterocycles. The number of carboxylic acids is 1. The molecule has 1 atom stereocenters. The van der Waals surface area contributed by atoms with Crippen LogP contribution in [0, 0.1) is 12.3 Å². The second-order valence-corrected chi connectivity index (χ2v) is 5.62. The summed E-state index contributed by atoms with van der Waals surface area (Å²) in [6.07, 6.45) is 3.02. The number of aliphatic carboxylic acids is 1. The zero-order chi connectivity index (χ0) is 14.9. The predicted molar refractivity (Wildman–Crippen MR) is 73.5 cm³/mol. The van der Waals surface area contributed by atoms with Crippen LogP contribution in [0.2, 0.25) is 0 Å². The topological polar surface area (TPSA) is 87.5 Å². The van der Waals surface area contributed by atoms with Crippen LogP contribution >= 0.6 is 0 Å². The van der Waals surface area contributed by atoms with Gasteiger partial charge in [0, 0.05) is 26.3 Å². The van der Waals surface area contributed by atoms with Crippen molar-refractivity contribution >= 4 is 17.7 Å². The molecule has 0 spiro atoms. The second-order valence-electron chi connectivity index (χ2n) is 5.62. The zero-order valence-electron chi connectivity index (χ0n) is 12.0. The Morgan fingerprint density at radius 2 is 2.20 bits per heavy atom. The van der Waals surface area contributed by atoms with E-state index in [1.54, 1.807) is 29.7 Å². The molecule has 2 amide bonds. The van der Waals surface area contributed by atoms with Crippen molar-refractivity contribution in [1.82, 2.24) is 14.7 Å². The maximum Gasteiger partial charge on any atom is 0.321 e. The first kappa shape index (κ1) is 14.4. The van der Waals surface area contributed by atoms with E-state index < -0.39 is 11.4 Å². The summed E-state index contributed by atoms with van der Waals surface area (Å²) in [5, 5.41) is 16.2. The number of carbonyl (C=O) groups is 2. The second kappa shape index (κ2) is 5.15. The van der Waals surface area contributed by atoms with Gasteiger partial charge in [-0.2, -0.15) is 5.10 Å². The molecule has 1 aliphatic rings. The van der Waals surface area contributed by atoms with Crippen molar-refractivity contribution < 1.29 is 14.7 Å². The van der Waals surface area contributed by atoms with Crippen molar-refractivity contribution in [2.75, 3.05) is 18.4 Å². The van der Waals surface area contributed by atoms with Crippen molar-refractivity contribution in [2.45, 2.75) is 26.7 Å². The number of carboxylic acid groups (broad SMARTS) is 1. The summed E-state index contributed by atoms with van der Waals surface area (Å²) in [7, 11) is 1.78. The number of anilines is 1. The Bertz CT molecular complexity index is 540. The molecule has 0 aliphatic carbocycles. The molecule has 20 heavy (non-hydrogen) atoms. The number of piperidine rings is 1. The van der Waals surface area contributed by atoms with Gasteiger partial charge in [-0.15, -0.1) is 0 Å². The van der Waals surface area contributed by atoms with Gasteiger partial charge in [-0.05, 0) is 26.7 Å². The summed E-state index contributed by atoms with van der Waals surface area (Å²) < 4.78 is 1.63. The molecular weight excluding hydrogens is 260 g/mol. The maximum atomic E-state index is 12.2. The first-order chi connectivity index (χ1) is 9.32. The van der Waals surface area contributed by atoms with Crippen molar-refractivity contribution in [2.24, 2.45) is 12.5 Å². The number of nitrogens with one attached hydrogen (secondary N) is 1. The summed E-state index contributed by atoms with van der Waals surface area (Å²) in [6.45, 7) is 4.30. The van der Waals surface area contributed by atoms with Crippen LogP contribution < -0.4 is 5.32 Å². The molecule has 1 aliphatic heterocycles. The highest BCUT2D eigenvalue weighted by molar-refractivity contribution is 5.90. The fraction of sp³-hybridized carbons (Fsp3) is 0.615. The molecule has 7 heteroatoms. The molecular formula is C13H20N4O3. The quantitative estimate of drug-likeness (QED) is 0.858. The smallest absolute Gasteiger partial charge is 0.321 e. The van der Waals surface area contributed by atoms with Crippen LogP contribution in [0.5, 0.6) is 0 Å². The molecule has 0 radical (unpaired) electrons. The molecule has 2 rings (SSSR count). The Morgan fingerprint density at radius 3 is 2.75 bits per heavy atom. The third-order valence-electron chi connectivity index (χ3n) is 3.76. The van der Waals surface area contributed by atoms with Gasteiger partial charge in [-0.3, -0.25) is 9.48 Å². The van der Waals surface area contributed by atoms with Gasteiger partial charge in [-0.1, -0.05) is 0 Å². The first-order valence-electron chi connectivity index (χ1n) is 6.61. The lowest BCUT2D eigenvalue weighted by atomic mass is 9.82. The van der Waals surface area contributed by atoms with E-state index in [1.165, 1.54) is 0 Å². The molecule has 1 saturated heterocycles. The molecule has 0 bridgehead atoms. The minimum Gasteiger partial charge on any atom is -0.481 e. The van der Waals surface area contributed by atoms with Crippen molar-refractivity contribution in [3.8, 4) is 0 Å². The highest BCUT2D eigenvalue weighted by Crippen LogP contribution is 2.30. The molecule has 1 unspecified atom stereocenters. The minimum absolute atomic E-state index is 0.230. The largest absolute Gasteiger partial charge is 0.481 e. The zero-order valence-corrected chi connectivity index (χ0v) is 12.0. The Kier molecular flexibility index (Phi) is 3.69. The number of carbonyl (C=O) groups excluding carboxylic acids is 1. The van der Waals surface area contributed by atoms with Crippen molar-refractivity contribution in [3.05, 3.63) is 11.9 Å². The average molecular weight is 280 g/mol. The van der Waals surface area contributed by atoms with Gasteiger partial charge in [0.15, 0.2) is 0 Å². The van der Waals surface area contributed by atoms with Gasteiger partial charge in [0.2, 0.25) is 0 Å². The fourth-order valence-electron chi connectivity index (χ4n) is 2.50. The SMILES string of the molecule is Cc1nn(C)cc1NC(=O)N1CCCC(C)(C(=O)O)C1. The highest BCUT2D eigenvalue weighted by atomic mass is 16.4. The Morgan fingerprint density at radius 1 is 1.50 bits per heavy atom. The van der Waals surface area contributed by atoms with Crippen LogP contribution in [0.25, 0.3) is 0 Å². The van der Waals surface area contributed by atoms with Crippen molar-refractivity contribution in [1.29, 1.82) is 0 Å². The van der Waals surface area contributed by atoms with Gasteiger partial charge in [0.05, 0.1) is 16.8 Å². The average Bonchev–Trinajstić information content (AvgIpc) is 2.67. The van der Waals surface area contributed by atoms with Crippen LogP contribution in [0.3, 0.4) is 0 Å². The normalized spacial score (nSPS) is 22.6. The van der Waals surface area contributed by atoms with E-state index in [-0.39, 0.29) is 12.6 Å². The van der Waals surface area contributed by atoms with E-state index in [2.05, 4.69) is 10.4 Å². The fourth-order valence-corrected chi connectivity index (χ4v) is 2.50. The number of amides is 2. The van der Waals surface area contributed by atoms with Crippen molar-refractivity contribution in [3.63, 3.8) is 0 Å². The summed E-state index contributed by atoms with van der Waals surface area (Å²) in [5.41, 5.74) is 0.526. The van der Waals surface area contributed by atoms with Gasteiger partial charge in [0.1, 0.15) is 0 Å². The van der Waals surface area contributed by atoms with Crippen LogP contribution in [0.15, 0.2) is 6.20 Å². The van der Waals surface area contributed by atoms with Gasteiger partial charge in [-0.25, -0.2) is 4.79 Å². The number of rotatable bonds is 2. The highest BCUT2D eigenvalue weighted by Gasteiger charge is 2.39. The number of hydrogen-bond donors (Lipinski definition) is 2. The Hall–Kier alpha value is -2.05. The van der Waals surface area contributed by atoms with Gasteiger partial charge < -0.3 is 15.3 Å². The van der Waals surface area contributed by atoms with E-state index in [4.69, 9.17) is 0 Å². The molecule has 0 saturated carbocycles. The predicted octanol–water partition coefficient (Wildman–Crippen LogP) is 1.45. The Labute approximate surface area is 117 Å². The lowest BCUT2D eigenvalue weighted by molar-refractivity contribution is -0.150. The van der Waals surface area contributed by atoms with Crippen LogP contribution in [-0.2, 0) is 11.8 Å². The number of aryl methyl sites for hydroxylation is 2. The van der Waals surface area contributed by atoms with E-state index in [0.29, 0.717) is 25.1 Å². The molecule has 0 aromatic carbocycles. The maximum absolute atomic E-state index is 12.2. The number of aromatic nitrogens is 2. The van der Waals surface area contributed by atoms with E-state index in [0.717, 1.165) is 5.69 Å². The molecule has 1 aromatic heterocycles. The van der Waals surface area contributed by atoms with Crippen LogP contribution in [-0.4, -0.2) is 44.9 Å². The first-order valence-corrected chi connectivity index (χ1v) is 6.61. The molecule has 110 valence electrons. The van der Waals surface area contributed by atoms with Crippen LogP contribution in [0.1, 0.15) is 25.5 Å². The summed E-state index contributed by atoms with van der Waals surface area (Å²) in [6, 6.07) is -0.270. The summed E-state index contributed by atoms with van der Waals surface area (Å²) in [4.78, 5) is 25.1. The molecule has 1 aromatic rings. The number of likely N-dealkylation sites (tertiary alicyclic amines) is 1. The monoisotopic (exact) mass is 280 g/mol. The van der Waals surface area contributed by atoms with E-state index in [1.807, 2.05) is 6.92 Å². The van der Waals surface area contributed by atoms with Crippen LogP contribution in [0.4, 0.5) is 10.5 Å². The molecule has 2 N–H and O–H groups in total. The van der Waals surface area contributed by atoms with E-state index in [9.17, 15) is 14.7 Å². The van der Waals surface area contributed by atoms with Gasteiger partial charge >= 0.3 is 12.0 Å². The minimum atomic E-state index is -0.862. The molecule has 7 nitrogen and oxygen atoms in total. The van der Waals surface area contributed by atoms with E-state index >= 15 is 0 Å². The molecule has 1 fully saturated rings. The third-order valence-corrected chi connectivity index (χ3v) is 3.76. The summed E-state index contributed by atoms with van der Waals surface area (Å²) >= 11 is 0. The van der Waals surface area contributed by atoms with Gasteiger partial charge in [0.25, 0.3) is 0 Å². The number of urea groups is 1. The number of nitrogens with zero attached hydrogens (tertiary/aromatic N) is 3. The Balaban J connectivity index is 2.06. The number of hydrogen-bond acceptors (Lipinski definition) is 3. The lowest BCUT2D eigenvalue weighted by Gasteiger charge is -2.37. The lowest BCUT2D eigenvalue weighted by Crippen LogP contribution is -2.49. The standard InChI is InChI=1S/C13H20N4O3/c1-9-10(7-16(3)15-9)14-12(20)17-6-4-5-13(2,8-17)11(18)19/h7H,4-6,8H2,1-3H3,(H,14,20)(H,18,19).